The Bertz CT molecular complexity index is 437. The quantitative estimate of drug-likeness (QED) is 0.381. The van der Waals surface area contributed by atoms with Crippen molar-refractivity contribution >= 4 is 35.0 Å². The fourth-order valence-electron chi connectivity index (χ4n) is 1.02. The predicted octanol–water partition coefficient (Wildman–Crippen LogP) is -0.327. The highest BCUT2D eigenvalue weighted by Crippen LogP contribution is 2.03. The molecule has 1 rings (SSSR count). The number of benzene rings is 1. The van der Waals surface area contributed by atoms with E-state index in [1.54, 1.807) is 0 Å². The van der Waals surface area contributed by atoms with E-state index in [9.17, 15) is 9.59 Å². The fraction of sp³-hybridized carbons (Fsp3) is 0.100. The van der Waals surface area contributed by atoms with Crippen LogP contribution in [0.15, 0.2) is 30.3 Å². The molecule has 0 aromatic heterocycles. The number of carbonyl (C=O) groups excluding carboxylic acids is 2. The zero-order chi connectivity index (χ0) is 13.4. The number of hydrogen-bond donors (Lipinski definition) is 5. The van der Waals surface area contributed by atoms with Gasteiger partial charge in [0.2, 0.25) is 0 Å². The SMILES string of the molecule is NC(=O)NCC(=O)NNC(=S)Nc1ccccc1. The molecule has 0 aliphatic heterocycles. The zero-order valence-electron chi connectivity index (χ0n) is 9.40. The summed E-state index contributed by atoms with van der Waals surface area (Å²) in [5.41, 5.74) is 10.4. The highest BCUT2D eigenvalue weighted by Gasteiger charge is 2.02. The van der Waals surface area contributed by atoms with Crippen molar-refractivity contribution in [2.45, 2.75) is 0 Å². The normalized spacial score (nSPS) is 9.11. The lowest BCUT2D eigenvalue weighted by molar-refractivity contribution is -0.120. The first kappa shape index (κ1) is 13.7. The second kappa shape index (κ2) is 7.07. The van der Waals surface area contributed by atoms with Crippen molar-refractivity contribution in [2.24, 2.45) is 5.73 Å². The van der Waals surface area contributed by atoms with E-state index >= 15 is 0 Å². The van der Waals surface area contributed by atoms with E-state index in [-0.39, 0.29) is 11.7 Å². The van der Waals surface area contributed by atoms with E-state index in [1.165, 1.54) is 0 Å². The monoisotopic (exact) mass is 267 g/mol. The van der Waals surface area contributed by atoms with E-state index in [2.05, 4.69) is 21.5 Å². The van der Waals surface area contributed by atoms with Crippen molar-refractivity contribution in [1.82, 2.24) is 16.2 Å². The molecule has 0 radical (unpaired) electrons. The topological polar surface area (TPSA) is 108 Å². The van der Waals surface area contributed by atoms with Crippen LogP contribution in [0.3, 0.4) is 0 Å². The number of carbonyl (C=O) groups is 2. The summed E-state index contributed by atoms with van der Waals surface area (Å²) in [4.78, 5) is 21.5. The van der Waals surface area contributed by atoms with Gasteiger partial charge >= 0.3 is 6.03 Å². The molecule has 6 N–H and O–H groups in total. The van der Waals surface area contributed by atoms with Gasteiger partial charge in [-0.3, -0.25) is 15.6 Å². The lowest BCUT2D eigenvalue weighted by Gasteiger charge is -2.11. The third-order valence-electron chi connectivity index (χ3n) is 1.77. The van der Waals surface area contributed by atoms with Gasteiger partial charge in [0.05, 0.1) is 0 Å². The van der Waals surface area contributed by atoms with Gasteiger partial charge in [-0.25, -0.2) is 4.79 Å². The van der Waals surface area contributed by atoms with Crippen LogP contribution < -0.4 is 27.2 Å². The largest absolute Gasteiger partial charge is 0.352 e. The Kier molecular flexibility index (Phi) is 5.39. The first-order chi connectivity index (χ1) is 8.58. The number of rotatable bonds is 3. The number of nitrogens with two attached hydrogens (primary N) is 1. The average molecular weight is 267 g/mol. The molecule has 0 saturated carbocycles. The Hall–Kier alpha value is -2.35. The second-order valence-corrected chi connectivity index (χ2v) is 3.62. The molecular formula is C10H13N5O2S. The summed E-state index contributed by atoms with van der Waals surface area (Å²) in [5.74, 6) is -0.467. The van der Waals surface area contributed by atoms with Crippen LogP contribution in [-0.4, -0.2) is 23.6 Å². The first-order valence-electron chi connectivity index (χ1n) is 5.02. The summed E-state index contributed by atoms with van der Waals surface area (Å²) in [6.45, 7) is -0.226. The average Bonchev–Trinajstić information content (AvgIpc) is 2.35. The third kappa shape index (κ3) is 5.66. The maximum atomic E-state index is 11.2. The highest BCUT2D eigenvalue weighted by atomic mass is 32.1. The van der Waals surface area contributed by atoms with Crippen LogP contribution in [0.2, 0.25) is 0 Å². The summed E-state index contributed by atoms with van der Waals surface area (Å²) in [7, 11) is 0. The molecule has 0 saturated heterocycles. The van der Waals surface area contributed by atoms with Crippen molar-refractivity contribution in [2.75, 3.05) is 11.9 Å². The van der Waals surface area contributed by atoms with E-state index < -0.39 is 11.9 Å². The predicted molar refractivity (Wildman–Crippen MR) is 71.5 cm³/mol. The number of anilines is 1. The number of urea groups is 1. The third-order valence-corrected chi connectivity index (χ3v) is 1.97. The fourth-order valence-corrected chi connectivity index (χ4v) is 1.19. The zero-order valence-corrected chi connectivity index (χ0v) is 10.2. The molecule has 0 bridgehead atoms. The van der Waals surface area contributed by atoms with E-state index in [0.29, 0.717) is 0 Å². The van der Waals surface area contributed by atoms with Gasteiger partial charge in [0.25, 0.3) is 5.91 Å². The number of primary amides is 1. The lowest BCUT2D eigenvalue weighted by atomic mass is 10.3. The minimum absolute atomic E-state index is 0.226. The van der Waals surface area contributed by atoms with Crippen LogP contribution in [0, 0.1) is 0 Å². The smallest absolute Gasteiger partial charge is 0.312 e. The van der Waals surface area contributed by atoms with Gasteiger partial charge in [-0.15, -0.1) is 0 Å². The highest BCUT2D eigenvalue weighted by molar-refractivity contribution is 7.80. The molecule has 0 fully saturated rings. The van der Waals surface area contributed by atoms with Gasteiger partial charge in [0.1, 0.15) is 6.54 Å². The van der Waals surface area contributed by atoms with Gasteiger partial charge in [-0.1, -0.05) is 18.2 Å². The van der Waals surface area contributed by atoms with Gasteiger partial charge in [0, 0.05) is 5.69 Å². The molecule has 3 amide bonds. The second-order valence-electron chi connectivity index (χ2n) is 3.21. The maximum Gasteiger partial charge on any atom is 0.312 e. The molecule has 0 unspecified atom stereocenters. The molecule has 0 aliphatic rings. The summed E-state index contributed by atoms with van der Waals surface area (Å²) in [6, 6.07) is 8.45. The Morgan fingerprint density at radius 2 is 1.83 bits per heavy atom. The summed E-state index contributed by atoms with van der Waals surface area (Å²) in [5, 5.41) is 5.23. The van der Waals surface area contributed by atoms with Crippen LogP contribution in [0.1, 0.15) is 0 Å². The first-order valence-corrected chi connectivity index (χ1v) is 5.43. The molecule has 1 aromatic carbocycles. The van der Waals surface area contributed by atoms with Crippen molar-refractivity contribution in [3.8, 4) is 0 Å². The molecule has 8 heteroatoms. The van der Waals surface area contributed by atoms with Gasteiger partial charge in [-0.2, -0.15) is 0 Å². The van der Waals surface area contributed by atoms with Crippen molar-refractivity contribution in [3.63, 3.8) is 0 Å². The molecule has 0 atom stereocenters. The molecule has 0 spiro atoms. The Labute approximate surface area is 109 Å². The lowest BCUT2D eigenvalue weighted by Crippen LogP contribution is -2.48. The minimum atomic E-state index is -0.768. The summed E-state index contributed by atoms with van der Waals surface area (Å²) >= 11 is 4.94. The maximum absolute atomic E-state index is 11.2. The molecule has 7 nitrogen and oxygen atoms in total. The minimum Gasteiger partial charge on any atom is -0.352 e. The van der Waals surface area contributed by atoms with Crippen molar-refractivity contribution in [1.29, 1.82) is 0 Å². The van der Waals surface area contributed by atoms with E-state index in [1.807, 2.05) is 30.3 Å². The molecule has 0 heterocycles. The number of nitrogens with one attached hydrogen (secondary N) is 4. The van der Waals surface area contributed by atoms with E-state index in [4.69, 9.17) is 18.0 Å². The van der Waals surface area contributed by atoms with Crippen LogP contribution in [0.4, 0.5) is 10.5 Å². The summed E-state index contributed by atoms with van der Waals surface area (Å²) in [6.07, 6.45) is 0. The van der Waals surface area contributed by atoms with Gasteiger partial charge < -0.3 is 16.4 Å². The Balaban J connectivity index is 2.25. The van der Waals surface area contributed by atoms with Gasteiger partial charge in [0.15, 0.2) is 5.11 Å². The van der Waals surface area contributed by atoms with Gasteiger partial charge in [-0.05, 0) is 24.4 Å². The Morgan fingerprint density at radius 3 is 2.44 bits per heavy atom. The van der Waals surface area contributed by atoms with E-state index in [0.717, 1.165) is 5.69 Å². The van der Waals surface area contributed by atoms with Crippen LogP contribution in [0.5, 0.6) is 0 Å². The number of hydrazine groups is 1. The Morgan fingerprint density at radius 1 is 1.17 bits per heavy atom. The molecule has 0 aliphatic carbocycles. The number of para-hydroxylation sites is 1. The number of thiocarbonyl (C=S) groups is 1. The number of amides is 3. The van der Waals surface area contributed by atoms with Crippen molar-refractivity contribution < 1.29 is 9.59 Å². The van der Waals surface area contributed by atoms with Crippen LogP contribution in [0.25, 0.3) is 0 Å². The van der Waals surface area contributed by atoms with Crippen molar-refractivity contribution in [3.05, 3.63) is 30.3 Å². The van der Waals surface area contributed by atoms with Crippen LogP contribution >= 0.6 is 12.2 Å². The summed E-state index contributed by atoms with van der Waals surface area (Å²) < 4.78 is 0. The molecule has 1 aromatic rings. The molecule has 18 heavy (non-hydrogen) atoms. The molecule has 96 valence electrons. The molecular weight excluding hydrogens is 254 g/mol. The standard InChI is InChI=1S/C10H13N5O2S/c11-9(17)12-6-8(16)14-15-10(18)13-7-4-2-1-3-5-7/h1-5H,6H2,(H,14,16)(H3,11,12,17)(H2,13,15,18). The van der Waals surface area contributed by atoms with Crippen LogP contribution in [-0.2, 0) is 4.79 Å². The number of hydrogen-bond acceptors (Lipinski definition) is 3.